The molecule has 0 spiro atoms. The van der Waals surface area contributed by atoms with Crippen molar-refractivity contribution in [3.8, 4) is 0 Å². The van der Waals surface area contributed by atoms with Gasteiger partial charge in [0.05, 0.1) is 6.61 Å². The molecule has 0 aliphatic heterocycles. The van der Waals surface area contributed by atoms with Crippen LogP contribution in [0.4, 0.5) is 0 Å². The monoisotopic (exact) mass is 192 g/mol. The summed E-state index contributed by atoms with van der Waals surface area (Å²) in [7, 11) is 0. The van der Waals surface area contributed by atoms with Gasteiger partial charge in [0.15, 0.2) is 6.29 Å². The van der Waals surface area contributed by atoms with Gasteiger partial charge in [0, 0.05) is 26.4 Å². The van der Waals surface area contributed by atoms with Crippen molar-refractivity contribution >= 4 is 0 Å². The summed E-state index contributed by atoms with van der Waals surface area (Å²) in [6.07, 6.45) is 0.388. The minimum absolute atomic E-state index is 0.161. The van der Waals surface area contributed by atoms with E-state index >= 15 is 0 Å². The van der Waals surface area contributed by atoms with Crippen molar-refractivity contribution in [2.24, 2.45) is 0 Å². The van der Waals surface area contributed by atoms with Crippen LogP contribution in [0.3, 0.4) is 0 Å². The fourth-order valence-electron chi connectivity index (χ4n) is 0.862. The van der Waals surface area contributed by atoms with E-state index in [4.69, 9.17) is 19.3 Å². The Morgan fingerprint density at radius 3 is 2.23 bits per heavy atom. The fourth-order valence-corrected chi connectivity index (χ4v) is 0.862. The second-order valence-electron chi connectivity index (χ2n) is 2.49. The van der Waals surface area contributed by atoms with Crippen LogP contribution in [-0.4, -0.2) is 44.4 Å². The van der Waals surface area contributed by atoms with Gasteiger partial charge in [-0.15, -0.1) is 0 Å². The van der Waals surface area contributed by atoms with Gasteiger partial charge in [-0.25, -0.2) is 0 Å². The maximum Gasteiger partial charge on any atom is 0.180 e. The van der Waals surface area contributed by atoms with E-state index in [-0.39, 0.29) is 12.9 Å². The Morgan fingerprint density at radius 2 is 1.77 bits per heavy atom. The van der Waals surface area contributed by atoms with Crippen molar-refractivity contribution in [2.75, 3.05) is 33.0 Å². The van der Waals surface area contributed by atoms with Crippen molar-refractivity contribution in [3.63, 3.8) is 0 Å². The highest BCUT2D eigenvalue weighted by Gasteiger charge is 2.06. The van der Waals surface area contributed by atoms with Gasteiger partial charge in [-0.05, 0) is 20.3 Å². The second-order valence-corrected chi connectivity index (χ2v) is 2.49. The summed E-state index contributed by atoms with van der Waals surface area (Å²) in [5, 5.41) is 8.50. The van der Waals surface area contributed by atoms with Crippen LogP contribution in [-0.2, 0) is 14.2 Å². The highest BCUT2D eigenvalue weighted by atomic mass is 16.7. The largest absolute Gasteiger partial charge is 0.396 e. The average Bonchev–Trinajstić information content (AvgIpc) is 2.13. The Morgan fingerprint density at radius 1 is 1.15 bits per heavy atom. The molecule has 80 valence electrons. The summed E-state index contributed by atoms with van der Waals surface area (Å²) in [5.41, 5.74) is 0. The molecule has 0 aromatic rings. The number of ether oxygens (including phenoxy) is 3. The Balaban J connectivity index is 3.33. The van der Waals surface area contributed by atoms with Gasteiger partial charge in [-0.1, -0.05) is 0 Å². The van der Waals surface area contributed by atoms with Crippen molar-refractivity contribution in [1.82, 2.24) is 0 Å². The zero-order valence-corrected chi connectivity index (χ0v) is 8.49. The minimum Gasteiger partial charge on any atom is -0.396 e. The summed E-state index contributed by atoms with van der Waals surface area (Å²) in [6.45, 7) is 6.21. The maximum absolute atomic E-state index is 8.50. The van der Waals surface area contributed by atoms with E-state index < -0.39 is 0 Å². The van der Waals surface area contributed by atoms with Gasteiger partial charge >= 0.3 is 0 Å². The van der Waals surface area contributed by atoms with Crippen LogP contribution in [0.2, 0.25) is 0 Å². The summed E-state index contributed by atoms with van der Waals surface area (Å²) < 4.78 is 15.7. The Bertz CT molecular complexity index is 91.6. The first-order valence-corrected chi connectivity index (χ1v) is 4.76. The van der Waals surface area contributed by atoms with E-state index in [9.17, 15) is 0 Å². The molecule has 0 saturated heterocycles. The molecule has 0 heterocycles. The maximum atomic E-state index is 8.50. The van der Waals surface area contributed by atoms with Crippen LogP contribution < -0.4 is 0 Å². The molecule has 1 N–H and O–H groups in total. The van der Waals surface area contributed by atoms with E-state index in [0.717, 1.165) is 0 Å². The first-order chi connectivity index (χ1) is 6.35. The molecule has 0 radical (unpaired) electrons. The highest BCUT2D eigenvalue weighted by molar-refractivity contribution is 4.41. The smallest absolute Gasteiger partial charge is 0.180 e. The van der Waals surface area contributed by atoms with Crippen LogP contribution in [0.15, 0.2) is 0 Å². The van der Waals surface area contributed by atoms with Crippen LogP contribution in [0.25, 0.3) is 0 Å². The lowest BCUT2D eigenvalue weighted by Gasteiger charge is -2.16. The van der Waals surface area contributed by atoms with Crippen molar-refractivity contribution in [1.29, 1.82) is 0 Å². The predicted octanol–water partition coefficient (Wildman–Crippen LogP) is 0.784. The molecule has 0 fully saturated rings. The Hall–Kier alpha value is -0.160. The lowest BCUT2D eigenvalue weighted by molar-refractivity contribution is -0.167. The van der Waals surface area contributed by atoms with E-state index in [0.29, 0.717) is 32.8 Å². The molecule has 4 nitrogen and oxygen atoms in total. The van der Waals surface area contributed by atoms with Gasteiger partial charge in [0.1, 0.15) is 0 Å². The third-order valence-electron chi connectivity index (χ3n) is 1.41. The zero-order chi connectivity index (χ0) is 9.94. The van der Waals surface area contributed by atoms with Crippen LogP contribution in [0.5, 0.6) is 0 Å². The van der Waals surface area contributed by atoms with Gasteiger partial charge in [0.25, 0.3) is 0 Å². The fraction of sp³-hybridized carbons (Fsp3) is 1.00. The third-order valence-corrected chi connectivity index (χ3v) is 1.41. The average molecular weight is 192 g/mol. The molecule has 4 heteroatoms. The molecule has 0 atom stereocenters. The quantitative estimate of drug-likeness (QED) is 0.433. The zero-order valence-electron chi connectivity index (χ0n) is 8.49. The molecular weight excluding hydrogens is 172 g/mol. The summed E-state index contributed by atoms with van der Waals surface area (Å²) >= 11 is 0. The molecule has 0 rings (SSSR count). The number of aliphatic hydroxyl groups is 1. The lowest BCUT2D eigenvalue weighted by atomic mass is 10.5. The molecule has 0 saturated carbocycles. The van der Waals surface area contributed by atoms with E-state index in [1.54, 1.807) is 0 Å². The number of rotatable bonds is 9. The SMILES string of the molecule is CCOC(COCCCO)OCC. The van der Waals surface area contributed by atoms with E-state index in [2.05, 4.69) is 0 Å². The minimum atomic E-state index is -0.270. The van der Waals surface area contributed by atoms with Crippen molar-refractivity contribution in [2.45, 2.75) is 26.6 Å². The first-order valence-electron chi connectivity index (χ1n) is 4.76. The topological polar surface area (TPSA) is 47.9 Å². The van der Waals surface area contributed by atoms with Gasteiger partial charge in [-0.3, -0.25) is 0 Å². The Labute approximate surface area is 79.8 Å². The van der Waals surface area contributed by atoms with Crippen LogP contribution in [0, 0.1) is 0 Å². The molecule has 0 bridgehead atoms. The first kappa shape index (κ1) is 12.8. The number of hydrogen-bond acceptors (Lipinski definition) is 4. The van der Waals surface area contributed by atoms with Crippen molar-refractivity contribution in [3.05, 3.63) is 0 Å². The molecule has 0 aromatic heterocycles. The van der Waals surface area contributed by atoms with E-state index in [1.807, 2.05) is 13.8 Å². The standard InChI is InChI=1S/C9H20O4/c1-3-12-9(13-4-2)8-11-7-5-6-10/h9-10H,3-8H2,1-2H3. The molecule has 0 unspecified atom stereocenters. The summed E-state index contributed by atoms with van der Waals surface area (Å²) in [4.78, 5) is 0. The van der Waals surface area contributed by atoms with Gasteiger partial charge in [-0.2, -0.15) is 0 Å². The second kappa shape index (κ2) is 9.92. The predicted molar refractivity (Wildman–Crippen MR) is 49.6 cm³/mol. The molecule has 0 aliphatic rings. The molecule has 13 heavy (non-hydrogen) atoms. The normalized spacial score (nSPS) is 11.1. The molecule has 0 aromatic carbocycles. The van der Waals surface area contributed by atoms with Crippen LogP contribution >= 0.6 is 0 Å². The highest BCUT2D eigenvalue weighted by Crippen LogP contribution is 1.96. The van der Waals surface area contributed by atoms with Gasteiger partial charge in [0.2, 0.25) is 0 Å². The number of hydrogen-bond donors (Lipinski definition) is 1. The molecular formula is C9H20O4. The number of aliphatic hydroxyl groups excluding tert-OH is 1. The Kier molecular flexibility index (Phi) is 9.80. The van der Waals surface area contributed by atoms with Crippen molar-refractivity contribution < 1.29 is 19.3 Å². The molecule has 0 amide bonds. The van der Waals surface area contributed by atoms with Crippen LogP contribution in [0.1, 0.15) is 20.3 Å². The van der Waals surface area contributed by atoms with Gasteiger partial charge < -0.3 is 19.3 Å². The summed E-state index contributed by atoms with van der Waals surface area (Å²) in [6, 6.07) is 0. The molecule has 0 aliphatic carbocycles. The lowest BCUT2D eigenvalue weighted by Crippen LogP contribution is -2.23. The summed E-state index contributed by atoms with van der Waals surface area (Å²) in [5.74, 6) is 0. The third kappa shape index (κ3) is 8.18. The van der Waals surface area contributed by atoms with E-state index in [1.165, 1.54) is 0 Å².